The Morgan fingerprint density at radius 3 is 2.76 bits per heavy atom. The van der Waals surface area contributed by atoms with Crippen LogP contribution in [0.2, 0.25) is 0 Å². The van der Waals surface area contributed by atoms with Crippen LogP contribution in [0.4, 0.5) is 19.0 Å². The SMILES string of the molecule is CCC(CN(C)c1nc(OC[C@@]23CCCN2C[C@H](F)C3)nc2c(F)cc(F)c(C)c12)NCc1ccccc1. The highest BCUT2D eigenvalue weighted by atomic mass is 19.1. The van der Waals surface area contributed by atoms with E-state index in [1.54, 1.807) is 6.92 Å². The second kappa shape index (κ2) is 11.1. The molecule has 2 fully saturated rings. The fraction of sp³-hybridized carbons (Fsp3) is 0.517. The summed E-state index contributed by atoms with van der Waals surface area (Å²) >= 11 is 0. The van der Waals surface area contributed by atoms with Crippen molar-refractivity contribution in [1.29, 1.82) is 0 Å². The minimum absolute atomic E-state index is 0.0246. The molecule has 1 unspecified atom stereocenters. The predicted molar refractivity (Wildman–Crippen MR) is 143 cm³/mol. The molecule has 0 bridgehead atoms. The van der Waals surface area contributed by atoms with Crippen LogP contribution >= 0.6 is 0 Å². The number of ether oxygens (including phenoxy) is 1. The number of aryl methyl sites for hydroxylation is 1. The summed E-state index contributed by atoms with van der Waals surface area (Å²) < 4.78 is 49.9. The number of halogens is 3. The number of hydrogen-bond acceptors (Lipinski definition) is 6. The molecule has 2 aliphatic rings. The van der Waals surface area contributed by atoms with Gasteiger partial charge in [0.15, 0.2) is 5.82 Å². The fourth-order valence-electron chi connectivity index (χ4n) is 5.96. The van der Waals surface area contributed by atoms with Gasteiger partial charge >= 0.3 is 6.01 Å². The molecule has 0 saturated carbocycles. The van der Waals surface area contributed by atoms with Crippen LogP contribution in [0.1, 0.15) is 43.7 Å². The van der Waals surface area contributed by atoms with E-state index in [0.29, 0.717) is 37.3 Å². The molecular formula is C29H36F3N5O. The fourth-order valence-corrected chi connectivity index (χ4v) is 5.96. The highest BCUT2D eigenvalue weighted by molar-refractivity contribution is 5.93. The van der Waals surface area contributed by atoms with Gasteiger partial charge in [0.25, 0.3) is 0 Å². The summed E-state index contributed by atoms with van der Waals surface area (Å²) in [7, 11) is 1.86. The number of nitrogens with zero attached hydrogens (tertiary/aromatic N) is 4. The van der Waals surface area contributed by atoms with Gasteiger partial charge in [-0.15, -0.1) is 0 Å². The maximum absolute atomic E-state index is 15.0. The number of alkyl halides is 1. The van der Waals surface area contributed by atoms with Gasteiger partial charge in [-0.05, 0) is 43.9 Å². The summed E-state index contributed by atoms with van der Waals surface area (Å²) in [5, 5.41) is 3.91. The monoisotopic (exact) mass is 527 g/mol. The van der Waals surface area contributed by atoms with E-state index in [4.69, 9.17) is 4.74 Å². The first kappa shape index (κ1) is 26.7. The van der Waals surface area contributed by atoms with E-state index in [1.165, 1.54) is 5.56 Å². The van der Waals surface area contributed by atoms with E-state index in [2.05, 4.69) is 39.2 Å². The van der Waals surface area contributed by atoms with Crippen molar-refractivity contribution in [3.8, 4) is 6.01 Å². The molecule has 0 spiro atoms. The van der Waals surface area contributed by atoms with Crippen LogP contribution in [0, 0.1) is 18.6 Å². The lowest BCUT2D eigenvalue weighted by atomic mass is 9.95. The lowest BCUT2D eigenvalue weighted by molar-refractivity contribution is 0.107. The summed E-state index contributed by atoms with van der Waals surface area (Å²) in [5.41, 5.74) is 1.11. The highest BCUT2D eigenvalue weighted by Crippen LogP contribution is 2.40. The number of rotatable bonds is 10. The molecule has 9 heteroatoms. The molecule has 1 N–H and O–H groups in total. The summed E-state index contributed by atoms with van der Waals surface area (Å²) in [6.45, 7) is 6.48. The van der Waals surface area contributed by atoms with Crippen LogP contribution in [-0.2, 0) is 6.54 Å². The Bertz CT molecular complexity index is 1280. The zero-order chi connectivity index (χ0) is 26.9. The van der Waals surface area contributed by atoms with E-state index >= 15 is 4.39 Å². The van der Waals surface area contributed by atoms with Crippen LogP contribution in [-0.4, -0.2) is 65.9 Å². The Kier molecular flexibility index (Phi) is 7.77. The van der Waals surface area contributed by atoms with Crippen molar-refractivity contribution in [2.24, 2.45) is 0 Å². The largest absolute Gasteiger partial charge is 0.461 e. The van der Waals surface area contributed by atoms with Gasteiger partial charge in [0, 0.05) is 45.2 Å². The molecule has 1 aromatic heterocycles. The first-order chi connectivity index (χ1) is 18.3. The number of aromatic nitrogens is 2. The minimum Gasteiger partial charge on any atom is -0.461 e. The average molecular weight is 528 g/mol. The zero-order valence-corrected chi connectivity index (χ0v) is 22.3. The Hall–Kier alpha value is -2.91. The quantitative estimate of drug-likeness (QED) is 0.392. The molecule has 2 aliphatic heterocycles. The maximum atomic E-state index is 15.0. The van der Waals surface area contributed by atoms with Crippen LogP contribution in [0.5, 0.6) is 6.01 Å². The molecule has 0 radical (unpaired) electrons. The molecule has 0 amide bonds. The smallest absolute Gasteiger partial charge is 0.319 e. The van der Waals surface area contributed by atoms with Gasteiger partial charge < -0.3 is 15.0 Å². The van der Waals surface area contributed by atoms with E-state index in [-0.39, 0.29) is 35.3 Å². The maximum Gasteiger partial charge on any atom is 0.319 e. The molecule has 38 heavy (non-hydrogen) atoms. The van der Waals surface area contributed by atoms with Crippen molar-refractivity contribution in [2.75, 3.05) is 38.2 Å². The second-order valence-electron chi connectivity index (χ2n) is 10.7. The summed E-state index contributed by atoms with van der Waals surface area (Å²) in [4.78, 5) is 13.1. The third kappa shape index (κ3) is 5.31. The van der Waals surface area contributed by atoms with Crippen molar-refractivity contribution in [3.05, 3.63) is 59.2 Å². The Morgan fingerprint density at radius 2 is 2.00 bits per heavy atom. The summed E-state index contributed by atoms with van der Waals surface area (Å²) in [6, 6.07) is 11.1. The van der Waals surface area contributed by atoms with Crippen LogP contribution < -0.4 is 15.0 Å². The van der Waals surface area contributed by atoms with Crippen molar-refractivity contribution < 1.29 is 17.9 Å². The van der Waals surface area contributed by atoms with Gasteiger partial charge in [0.05, 0.1) is 10.9 Å². The van der Waals surface area contributed by atoms with Gasteiger partial charge in [-0.3, -0.25) is 4.90 Å². The molecule has 204 valence electrons. The van der Waals surface area contributed by atoms with Crippen molar-refractivity contribution in [3.63, 3.8) is 0 Å². The highest BCUT2D eigenvalue weighted by Gasteiger charge is 2.49. The lowest BCUT2D eigenvalue weighted by Gasteiger charge is -2.31. The molecule has 6 nitrogen and oxygen atoms in total. The van der Waals surface area contributed by atoms with Crippen LogP contribution in [0.15, 0.2) is 36.4 Å². The first-order valence-corrected chi connectivity index (χ1v) is 13.5. The third-order valence-electron chi connectivity index (χ3n) is 8.10. The Balaban J connectivity index is 1.42. The molecule has 0 aliphatic carbocycles. The molecule has 3 aromatic rings. The van der Waals surface area contributed by atoms with Crippen LogP contribution in [0.3, 0.4) is 0 Å². The van der Waals surface area contributed by atoms with Gasteiger partial charge in [0.1, 0.15) is 29.9 Å². The van der Waals surface area contributed by atoms with Gasteiger partial charge in [-0.2, -0.15) is 9.97 Å². The molecule has 2 saturated heterocycles. The molecular weight excluding hydrogens is 491 g/mol. The lowest BCUT2D eigenvalue weighted by Crippen LogP contribution is -2.43. The topological polar surface area (TPSA) is 53.5 Å². The van der Waals surface area contributed by atoms with Crippen molar-refractivity contribution in [2.45, 2.75) is 63.8 Å². The first-order valence-electron chi connectivity index (χ1n) is 13.5. The number of nitrogens with one attached hydrogen (secondary N) is 1. The number of hydrogen-bond donors (Lipinski definition) is 1. The third-order valence-corrected chi connectivity index (χ3v) is 8.10. The summed E-state index contributed by atoms with van der Waals surface area (Å²) in [6.07, 6.45) is 2.23. The van der Waals surface area contributed by atoms with Crippen molar-refractivity contribution >= 4 is 16.7 Å². The van der Waals surface area contributed by atoms with Crippen molar-refractivity contribution in [1.82, 2.24) is 20.2 Å². The number of anilines is 1. The molecule has 5 rings (SSSR count). The average Bonchev–Trinajstić information content (AvgIpc) is 3.44. The van der Waals surface area contributed by atoms with E-state index < -0.39 is 17.8 Å². The number of fused-ring (bicyclic) bond motifs is 2. The zero-order valence-electron chi connectivity index (χ0n) is 22.3. The van der Waals surface area contributed by atoms with Gasteiger partial charge in [0.2, 0.25) is 0 Å². The van der Waals surface area contributed by atoms with E-state index in [1.807, 2.05) is 30.1 Å². The molecule has 3 heterocycles. The van der Waals surface area contributed by atoms with E-state index in [9.17, 15) is 8.78 Å². The van der Waals surface area contributed by atoms with Gasteiger partial charge in [-0.1, -0.05) is 37.3 Å². The normalized spacial score (nSPS) is 22.1. The Morgan fingerprint density at radius 1 is 1.21 bits per heavy atom. The van der Waals surface area contributed by atoms with Crippen LogP contribution in [0.25, 0.3) is 10.9 Å². The number of benzene rings is 2. The minimum atomic E-state index is -0.879. The van der Waals surface area contributed by atoms with E-state index in [0.717, 1.165) is 31.9 Å². The molecule has 3 atom stereocenters. The second-order valence-corrected chi connectivity index (χ2v) is 10.7. The van der Waals surface area contributed by atoms with Gasteiger partial charge in [-0.25, -0.2) is 13.2 Å². The summed E-state index contributed by atoms with van der Waals surface area (Å²) in [5.74, 6) is -0.988. The standard InChI is InChI=1S/C29H36F3N5O/c1-4-22(33-15-20-9-6-5-7-10-20)17-36(3)27-25-19(2)23(31)13-24(32)26(25)34-28(35-27)38-18-29-11-8-12-37(29)16-21(30)14-29/h5-7,9-10,13,21-22,33H,4,8,11-12,14-18H2,1-3H3/t21-,22?,29+/m1/s1. The Labute approximate surface area is 222 Å². The molecule has 2 aromatic carbocycles. The predicted octanol–water partition coefficient (Wildman–Crippen LogP) is 5.18. The number of likely N-dealkylation sites (N-methyl/N-ethyl adjacent to an activating group) is 1.